The summed E-state index contributed by atoms with van der Waals surface area (Å²) >= 11 is 0. The number of carbonyl (C=O) groups is 2. The van der Waals surface area contributed by atoms with Crippen molar-refractivity contribution >= 4 is 11.9 Å². The maximum Gasteiger partial charge on any atom is 0.309 e. The quantitative estimate of drug-likeness (QED) is 0.449. The van der Waals surface area contributed by atoms with Gasteiger partial charge in [-0.15, -0.1) is 0 Å². The molecule has 0 aliphatic carbocycles. The Kier molecular flexibility index (Phi) is 8.20. The van der Waals surface area contributed by atoms with E-state index in [4.69, 9.17) is 20.9 Å². The number of ether oxygens (including phenoxy) is 2. The molecule has 0 radical (unpaired) electrons. The van der Waals surface area contributed by atoms with E-state index in [0.717, 1.165) is 5.56 Å². The maximum atomic E-state index is 12.3. The second kappa shape index (κ2) is 9.66. The molecule has 1 aromatic rings. The molecule has 26 heavy (non-hydrogen) atoms. The van der Waals surface area contributed by atoms with Gasteiger partial charge in [0.1, 0.15) is 12.2 Å². The van der Waals surface area contributed by atoms with Gasteiger partial charge in [0.2, 0.25) is 0 Å². The molecule has 7 nitrogen and oxygen atoms in total. The van der Waals surface area contributed by atoms with Crippen molar-refractivity contribution < 1.29 is 24.2 Å². The number of aliphatic hydroxyl groups is 1. The zero-order chi connectivity index (χ0) is 19.8. The first-order valence-corrected chi connectivity index (χ1v) is 8.69. The predicted molar refractivity (Wildman–Crippen MR) is 97.4 cm³/mol. The second-order valence-electron chi connectivity index (χ2n) is 7.46. The van der Waals surface area contributed by atoms with E-state index in [0.29, 0.717) is 12.8 Å². The number of benzene rings is 1. The van der Waals surface area contributed by atoms with Crippen molar-refractivity contribution in [1.29, 1.82) is 0 Å². The Balaban J connectivity index is 2.55. The van der Waals surface area contributed by atoms with E-state index in [1.165, 1.54) is 0 Å². The van der Waals surface area contributed by atoms with Crippen molar-refractivity contribution in [3.05, 3.63) is 35.9 Å². The molecule has 0 spiro atoms. The van der Waals surface area contributed by atoms with E-state index >= 15 is 0 Å². The first kappa shape index (κ1) is 22.1. The third-order valence-corrected chi connectivity index (χ3v) is 3.48. The lowest BCUT2D eigenvalue weighted by Crippen LogP contribution is -2.51. The fraction of sp³-hybridized carbons (Fsp3) is 0.579. The van der Waals surface area contributed by atoms with E-state index in [2.05, 4.69) is 0 Å². The third kappa shape index (κ3) is 10.1. The van der Waals surface area contributed by atoms with Crippen molar-refractivity contribution in [3.8, 4) is 0 Å². The molecule has 1 aromatic carbocycles. The van der Waals surface area contributed by atoms with Gasteiger partial charge in [-0.25, -0.2) is 0 Å². The summed E-state index contributed by atoms with van der Waals surface area (Å²) in [5.74, 6) is -3.54. The monoisotopic (exact) mass is 366 g/mol. The Morgan fingerprint density at radius 1 is 1.15 bits per heavy atom. The smallest absolute Gasteiger partial charge is 0.309 e. The molecule has 0 saturated heterocycles. The van der Waals surface area contributed by atoms with Gasteiger partial charge in [-0.2, -0.15) is 0 Å². The van der Waals surface area contributed by atoms with Gasteiger partial charge in [0, 0.05) is 12.8 Å². The predicted octanol–water partition coefficient (Wildman–Crippen LogP) is 1.81. The molecule has 7 heteroatoms. The Bertz CT molecular complexity index is 576. The summed E-state index contributed by atoms with van der Waals surface area (Å²) in [5, 5.41) is 9.64. The summed E-state index contributed by atoms with van der Waals surface area (Å²) in [4.78, 5) is 24.1. The molecule has 5 N–H and O–H groups in total. The van der Waals surface area contributed by atoms with E-state index in [9.17, 15) is 14.7 Å². The molecule has 146 valence electrons. The number of nitrogens with two attached hydrogens (primary N) is 2. The van der Waals surface area contributed by atoms with Crippen LogP contribution in [0.4, 0.5) is 0 Å². The van der Waals surface area contributed by atoms with Gasteiger partial charge in [-0.05, 0) is 39.2 Å². The highest BCUT2D eigenvalue weighted by Crippen LogP contribution is 2.20. The van der Waals surface area contributed by atoms with Crippen molar-refractivity contribution in [1.82, 2.24) is 0 Å². The minimum atomic E-state index is -1.98. The van der Waals surface area contributed by atoms with Crippen molar-refractivity contribution in [2.24, 2.45) is 17.4 Å². The summed E-state index contributed by atoms with van der Waals surface area (Å²) in [6.07, 6.45) is 0.710. The van der Waals surface area contributed by atoms with Gasteiger partial charge in [0.15, 0.2) is 5.85 Å². The number of esters is 2. The van der Waals surface area contributed by atoms with Crippen LogP contribution in [0.1, 0.15) is 52.0 Å². The fourth-order valence-corrected chi connectivity index (χ4v) is 2.43. The van der Waals surface area contributed by atoms with Gasteiger partial charge in [0.25, 0.3) is 0 Å². The summed E-state index contributed by atoms with van der Waals surface area (Å²) in [6, 6.07) is 9.24. The topological polar surface area (TPSA) is 125 Å². The van der Waals surface area contributed by atoms with Crippen LogP contribution in [0.15, 0.2) is 30.3 Å². The lowest BCUT2D eigenvalue weighted by atomic mass is 9.96. The molecule has 0 heterocycles. The molecular weight excluding hydrogens is 336 g/mol. The Morgan fingerprint density at radius 2 is 1.77 bits per heavy atom. The van der Waals surface area contributed by atoms with Crippen LogP contribution in [0.25, 0.3) is 0 Å². The van der Waals surface area contributed by atoms with Crippen LogP contribution in [0.3, 0.4) is 0 Å². The Labute approximate surface area is 154 Å². The van der Waals surface area contributed by atoms with Gasteiger partial charge >= 0.3 is 11.9 Å². The summed E-state index contributed by atoms with van der Waals surface area (Å²) in [6.45, 7) is 5.49. The number of carbonyl (C=O) groups excluding carboxylic acids is 2. The maximum absolute atomic E-state index is 12.3. The van der Waals surface area contributed by atoms with Crippen LogP contribution in [0, 0.1) is 5.92 Å². The average Bonchev–Trinajstić information content (AvgIpc) is 2.49. The SMILES string of the molecule is CC(C)(C)OC(=O)CCCC(CC(N)(N)O)C(=O)OCc1ccccc1. The summed E-state index contributed by atoms with van der Waals surface area (Å²) < 4.78 is 10.5. The highest BCUT2D eigenvalue weighted by Gasteiger charge is 2.28. The number of hydrogen-bond acceptors (Lipinski definition) is 7. The minimum absolute atomic E-state index is 0.121. The van der Waals surface area contributed by atoms with Crippen LogP contribution < -0.4 is 11.5 Å². The van der Waals surface area contributed by atoms with E-state index in [-0.39, 0.29) is 25.4 Å². The summed E-state index contributed by atoms with van der Waals surface area (Å²) in [5.41, 5.74) is 11.2. The molecular formula is C19H30N2O5. The first-order valence-electron chi connectivity index (χ1n) is 8.69. The Morgan fingerprint density at radius 3 is 2.31 bits per heavy atom. The molecule has 0 aliphatic heterocycles. The van der Waals surface area contributed by atoms with Crippen LogP contribution >= 0.6 is 0 Å². The normalized spacial score (nSPS) is 13.2. The molecule has 0 aromatic heterocycles. The lowest BCUT2D eigenvalue weighted by molar-refractivity contribution is -0.156. The van der Waals surface area contributed by atoms with E-state index in [1.54, 1.807) is 20.8 Å². The lowest BCUT2D eigenvalue weighted by Gasteiger charge is -2.24. The fourth-order valence-electron chi connectivity index (χ4n) is 2.43. The third-order valence-electron chi connectivity index (χ3n) is 3.48. The highest BCUT2D eigenvalue weighted by molar-refractivity contribution is 5.73. The van der Waals surface area contributed by atoms with Crippen molar-refractivity contribution in [3.63, 3.8) is 0 Å². The molecule has 1 rings (SSSR count). The van der Waals surface area contributed by atoms with Gasteiger partial charge < -0.3 is 14.6 Å². The van der Waals surface area contributed by atoms with Crippen LogP contribution in [-0.2, 0) is 25.7 Å². The summed E-state index contributed by atoms with van der Waals surface area (Å²) in [7, 11) is 0. The molecule has 0 fully saturated rings. The van der Waals surface area contributed by atoms with Crippen molar-refractivity contribution in [2.75, 3.05) is 0 Å². The molecule has 0 aliphatic rings. The average molecular weight is 366 g/mol. The minimum Gasteiger partial charge on any atom is -0.461 e. The van der Waals surface area contributed by atoms with E-state index in [1.807, 2.05) is 30.3 Å². The zero-order valence-corrected chi connectivity index (χ0v) is 15.7. The Hall–Kier alpha value is -1.96. The first-order chi connectivity index (χ1) is 12.0. The standard InChI is InChI=1S/C19H30N2O5/c1-18(2,3)26-16(22)11-7-10-15(12-19(20,21)24)17(23)25-13-14-8-5-4-6-9-14/h4-6,8-9,15,24H,7,10-13,20-21H2,1-3H3. The molecule has 0 bridgehead atoms. The van der Waals surface area contributed by atoms with Gasteiger partial charge in [0.05, 0.1) is 5.92 Å². The van der Waals surface area contributed by atoms with Crippen LogP contribution in [0.2, 0.25) is 0 Å². The molecule has 0 saturated carbocycles. The van der Waals surface area contributed by atoms with Crippen molar-refractivity contribution in [2.45, 2.75) is 64.5 Å². The van der Waals surface area contributed by atoms with Gasteiger partial charge in [-0.1, -0.05) is 30.3 Å². The highest BCUT2D eigenvalue weighted by atomic mass is 16.6. The molecule has 1 unspecified atom stereocenters. The molecule has 1 atom stereocenters. The van der Waals surface area contributed by atoms with Gasteiger partial charge in [-0.3, -0.25) is 21.1 Å². The number of hydrogen-bond donors (Lipinski definition) is 3. The van der Waals surface area contributed by atoms with E-state index < -0.39 is 23.3 Å². The largest absolute Gasteiger partial charge is 0.461 e. The molecule has 0 amide bonds. The zero-order valence-electron chi connectivity index (χ0n) is 15.7. The van der Waals surface area contributed by atoms with Crippen LogP contribution in [0.5, 0.6) is 0 Å². The van der Waals surface area contributed by atoms with Crippen LogP contribution in [-0.4, -0.2) is 28.5 Å². The number of rotatable bonds is 9. The second-order valence-corrected chi connectivity index (χ2v) is 7.46.